The molecule has 0 atom stereocenters. The zero-order valence-corrected chi connectivity index (χ0v) is 24.4. The quantitative estimate of drug-likeness (QED) is 0.221. The highest BCUT2D eigenvalue weighted by Crippen LogP contribution is 2.29. The van der Waals surface area contributed by atoms with Crippen LogP contribution in [0.3, 0.4) is 0 Å². The summed E-state index contributed by atoms with van der Waals surface area (Å²) in [4.78, 5) is 24.1. The SMILES string of the molecule is CCn1cncc1Cn1c(CN2CCC(n3nccc3OCc3ccc(C#N)cc3)CC2)nc2ccc(C(=O)OC)cc21. The van der Waals surface area contributed by atoms with E-state index in [-0.39, 0.29) is 12.0 Å². The molecule has 1 saturated heterocycles. The van der Waals surface area contributed by atoms with Crippen molar-refractivity contribution in [2.24, 2.45) is 0 Å². The molecule has 43 heavy (non-hydrogen) atoms. The molecule has 0 spiro atoms. The third-order valence-corrected chi connectivity index (χ3v) is 8.08. The van der Waals surface area contributed by atoms with Crippen molar-refractivity contribution in [1.29, 1.82) is 5.26 Å². The molecular formula is C32H34N8O3. The van der Waals surface area contributed by atoms with Gasteiger partial charge in [-0.05, 0) is 55.7 Å². The first kappa shape index (κ1) is 28.2. The number of aryl methyl sites for hydroxylation is 1. The molecule has 0 bridgehead atoms. The van der Waals surface area contributed by atoms with Gasteiger partial charge in [-0.15, -0.1) is 0 Å². The molecule has 0 radical (unpaired) electrons. The molecule has 11 heteroatoms. The van der Waals surface area contributed by atoms with Gasteiger partial charge in [0.25, 0.3) is 0 Å². The van der Waals surface area contributed by atoms with Gasteiger partial charge >= 0.3 is 5.97 Å². The number of nitrogens with zero attached hydrogens (tertiary/aromatic N) is 8. The Labute approximate surface area is 249 Å². The summed E-state index contributed by atoms with van der Waals surface area (Å²) in [7, 11) is 1.40. The van der Waals surface area contributed by atoms with Crippen LogP contribution in [0.25, 0.3) is 11.0 Å². The van der Waals surface area contributed by atoms with E-state index >= 15 is 0 Å². The van der Waals surface area contributed by atoms with Gasteiger partial charge in [0.15, 0.2) is 0 Å². The van der Waals surface area contributed by atoms with Gasteiger partial charge in [0.05, 0.1) is 72.7 Å². The summed E-state index contributed by atoms with van der Waals surface area (Å²) in [5.41, 5.74) is 4.97. The summed E-state index contributed by atoms with van der Waals surface area (Å²) in [6, 6.07) is 17.2. The van der Waals surface area contributed by atoms with Crippen LogP contribution in [0.1, 0.15) is 58.8 Å². The average Bonchev–Trinajstić information content (AvgIpc) is 3.79. The van der Waals surface area contributed by atoms with Crippen molar-refractivity contribution in [2.75, 3.05) is 20.2 Å². The van der Waals surface area contributed by atoms with E-state index in [0.717, 1.165) is 66.5 Å². The number of methoxy groups -OCH3 is 1. The van der Waals surface area contributed by atoms with Crippen LogP contribution in [-0.4, -0.2) is 60.0 Å². The minimum Gasteiger partial charge on any atom is -0.473 e. The van der Waals surface area contributed by atoms with Crippen molar-refractivity contribution in [1.82, 2.24) is 33.8 Å². The number of piperidine rings is 1. The molecule has 0 saturated carbocycles. The minimum absolute atomic E-state index is 0.238. The van der Waals surface area contributed by atoms with E-state index in [4.69, 9.17) is 19.7 Å². The third kappa shape index (κ3) is 6.01. The lowest BCUT2D eigenvalue weighted by Gasteiger charge is -2.32. The molecule has 5 aromatic rings. The fraction of sp³-hybridized carbons (Fsp3) is 0.344. The Morgan fingerprint density at radius 3 is 2.65 bits per heavy atom. The van der Waals surface area contributed by atoms with Gasteiger partial charge in [-0.25, -0.2) is 19.4 Å². The van der Waals surface area contributed by atoms with E-state index in [1.165, 1.54) is 7.11 Å². The second-order valence-electron chi connectivity index (χ2n) is 10.7. The number of nitriles is 1. The Morgan fingerprint density at radius 1 is 1.09 bits per heavy atom. The molecular weight excluding hydrogens is 544 g/mol. The largest absolute Gasteiger partial charge is 0.473 e. The van der Waals surface area contributed by atoms with Crippen LogP contribution in [0.4, 0.5) is 0 Å². The number of hydrogen-bond donors (Lipinski definition) is 0. The van der Waals surface area contributed by atoms with Crippen LogP contribution < -0.4 is 4.74 Å². The van der Waals surface area contributed by atoms with Crippen molar-refractivity contribution in [3.05, 3.63) is 95.5 Å². The maximum absolute atomic E-state index is 12.3. The molecule has 0 unspecified atom stereocenters. The van der Waals surface area contributed by atoms with E-state index in [9.17, 15) is 4.79 Å². The molecule has 0 N–H and O–H groups in total. The first-order chi connectivity index (χ1) is 21.1. The number of likely N-dealkylation sites (tertiary alicyclic amines) is 1. The average molecular weight is 579 g/mol. The van der Waals surface area contributed by atoms with Gasteiger partial charge in [-0.3, -0.25) is 4.90 Å². The number of esters is 1. The molecule has 1 fully saturated rings. The smallest absolute Gasteiger partial charge is 0.337 e. The molecule has 2 aromatic carbocycles. The van der Waals surface area contributed by atoms with E-state index in [2.05, 4.69) is 37.1 Å². The number of imidazole rings is 2. The third-order valence-electron chi connectivity index (χ3n) is 8.08. The number of fused-ring (bicyclic) bond motifs is 1. The number of carbonyl (C=O) groups is 1. The summed E-state index contributed by atoms with van der Waals surface area (Å²) in [5, 5.41) is 13.6. The van der Waals surface area contributed by atoms with E-state index < -0.39 is 0 Å². The maximum Gasteiger partial charge on any atom is 0.337 e. The van der Waals surface area contributed by atoms with Crippen molar-refractivity contribution in [3.8, 4) is 11.9 Å². The lowest BCUT2D eigenvalue weighted by Crippen LogP contribution is -2.35. The molecule has 1 aliphatic heterocycles. The first-order valence-electron chi connectivity index (χ1n) is 14.5. The number of carbonyl (C=O) groups excluding carboxylic acids is 1. The molecule has 3 aromatic heterocycles. The van der Waals surface area contributed by atoms with Gasteiger partial charge in [0, 0.05) is 31.9 Å². The second-order valence-corrected chi connectivity index (χ2v) is 10.7. The Hall–Kier alpha value is -4.95. The number of hydrogen-bond acceptors (Lipinski definition) is 8. The van der Waals surface area contributed by atoms with Crippen LogP contribution in [0.5, 0.6) is 5.88 Å². The fourth-order valence-electron chi connectivity index (χ4n) is 5.69. The molecule has 6 rings (SSSR count). The van der Waals surface area contributed by atoms with Crippen LogP contribution in [-0.2, 0) is 31.0 Å². The van der Waals surface area contributed by atoms with Gasteiger partial charge in [-0.2, -0.15) is 10.4 Å². The van der Waals surface area contributed by atoms with Crippen molar-refractivity contribution >= 4 is 17.0 Å². The van der Waals surface area contributed by atoms with Crippen LogP contribution in [0.15, 0.2) is 67.3 Å². The Kier molecular flexibility index (Phi) is 8.20. The summed E-state index contributed by atoms with van der Waals surface area (Å²) in [6.45, 7) is 6.42. The number of benzene rings is 2. The van der Waals surface area contributed by atoms with Crippen molar-refractivity contribution in [3.63, 3.8) is 0 Å². The molecule has 220 valence electrons. The number of rotatable bonds is 10. The minimum atomic E-state index is -0.365. The van der Waals surface area contributed by atoms with Crippen molar-refractivity contribution < 1.29 is 14.3 Å². The van der Waals surface area contributed by atoms with Crippen LogP contribution in [0.2, 0.25) is 0 Å². The Balaban J connectivity index is 1.16. The Morgan fingerprint density at radius 2 is 1.91 bits per heavy atom. The molecule has 0 aliphatic carbocycles. The monoisotopic (exact) mass is 578 g/mol. The highest BCUT2D eigenvalue weighted by atomic mass is 16.5. The zero-order valence-electron chi connectivity index (χ0n) is 24.4. The predicted molar refractivity (Wildman–Crippen MR) is 159 cm³/mol. The fourth-order valence-corrected chi connectivity index (χ4v) is 5.69. The lowest BCUT2D eigenvalue weighted by atomic mass is 10.1. The molecule has 1 aliphatic rings. The molecule has 4 heterocycles. The maximum atomic E-state index is 12.3. The highest BCUT2D eigenvalue weighted by Gasteiger charge is 2.25. The standard InChI is InChI=1S/C32H34N8O3/c1-3-38-22-34-18-27(38)19-39-29-16-25(32(41)42-2)8-9-28(29)36-30(39)20-37-14-11-26(12-15-37)40-31(10-13-35-40)43-21-24-6-4-23(17-33)5-7-24/h4-10,13,16,18,22,26H,3,11-12,14-15,19-21H2,1-2H3. The molecule has 0 amide bonds. The highest BCUT2D eigenvalue weighted by molar-refractivity contribution is 5.93. The van der Waals surface area contributed by atoms with Gasteiger partial charge in [-0.1, -0.05) is 12.1 Å². The van der Waals surface area contributed by atoms with Gasteiger partial charge < -0.3 is 18.6 Å². The topological polar surface area (TPSA) is 116 Å². The van der Waals surface area contributed by atoms with E-state index in [0.29, 0.717) is 30.8 Å². The van der Waals surface area contributed by atoms with Crippen LogP contribution in [0, 0.1) is 11.3 Å². The predicted octanol–water partition coefficient (Wildman–Crippen LogP) is 4.57. The van der Waals surface area contributed by atoms with Gasteiger partial charge in [0.1, 0.15) is 12.4 Å². The van der Waals surface area contributed by atoms with E-state index in [1.54, 1.807) is 24.4 Å². The normalized spacial score (nSPS) is 14.2. The van der Waals surface area contributed by atoms with Crippen LogP contribution >= 0.6 is 0 Å². The summed E-state index contributed by atoms with van der Waals surface area (Å²) in [5.74, 6) is 1.33. The summed E-state index contributed by atoms with van der Waals surface area (Å²) >= 11 is 0. The molecule has 11 nitrogen and oxygen atoms in total. The van der Waals surface area contributed by atoms with Gasteiger partial charge in [0.2, 0.25) is 5.88 Å². The zero-order chi connectivity index (χ0) is 29.8. The summed E-state index contributed by atoms with van der Waals surface area (Å²) in [6.07, 6.45) is 7.39. The second kappa shape index (κ2) is 12.5. The van der Waals surface area contributed by atoms with Crippen molar-refractivity contribution in [2.45, 2.75) is 52.0 Å². The number of aromatic nitrogens is 6. The first-order valence-corrected chi connectivity index (χ1v) is 14.5. The van der Waals surface area contributed by atoms with E-state index in [1.807, 2.05) is 47.5 Å². The lowest BCUT2D eigenvalue weighted by molar-refractivity contribution is 0.0601. The Bertz CT molecular complexity index is 1750. The summed E-state index contributed by atoms with van der Waals surface area (Å²) < 4.78 is 17.4. The number of ether oxygens (including phenoxy) is 2.